The highest BCUT2D eigenvalue weighted by Crippen LogP contribution is 2.41. The van der Waals surface area contributed by atoms with Gasteiger partial charge in [-0.3, -0.25) is 14.6 Å². The fourth-order valence-corrected chi connectivity index (χ4v) is 4.05. The normalized spacial score (nSPS) is 11.1. The van der Waals surface area contributed by atoms with Crippen LogP contribution in [0.15, 0.2) is 70.5 Å². The van der Waals surface area contributed by atoms with Crippen LogP contribution in [0.3, 0.4) is 0 Å². The Balaban J connectivity index is 1.91. The number of rotatable bonds is 7. The molecule has 0 spiro atoms. The molecule has 34 heavy (non-hydrogen) atoms. The summed E-state index contributed by atoms with van der Waals surface area (Å²) in [6.45, 7) is -0.673. The van der Waals surface area contributed by atoms with Crippen LogP contribution in [0.4, 0.5) is 11.4 Å². The molecule has 9 nitrogen and oxygen atoms in total. The summed E-state index contributed by atoms with van der Waals surface area (Å²) in [7, 11) is 1.25. The summed E-state index contributed by atoms with van der Waals surface area (Å²) in [6, 6.07) is 10.6. The van der Waals surface area contributed by atoms with Crippen LogP contribution in [-0.4, -0.2) is 46.4 Å². The minimum absolute atomic E-state index is 0.0140. The number of phenolic OH excluding ortho intramolecular Hbond substituents is 1. The second kappa shape index (κ2) is 9.69. The molecular weight excluding hydrogens is 458 g/mol. The van der Waals surface area contributed by atoms with Crippen LogP contribution >= 0.6 is 11.3 Å². The number of methoxy groups -OCH3 is 1. The van der Waals surface area contributed by atoms with Crippen molar-refractivity contribution in [3.8, 4) is 5.75 Å². The highest BCUT2D eigenvalue weighted by Gasteiger charge is 2.21. The van der Waals surface area contributed by atoms with E-state index in [1.807, 2.05) is 0 Å². The lowest BCUT2D eigenvalue weighted by Gasteiger charge is -2.11. The lowest BCUT2D eigenvalue weighted by molar-refractivity contribution is 0.0607. The third-order valence-electron chi connectivity index (χ3n) is 5.01. The number of ether oxygens (including phenoxy) is 1. The zero-order valence-corrected chi connectivity index (χ0v) is 18.6. The quantitative estimate of drug-likeness (QED) is 0.226. The van der Waals surface area contributed by atoms with E-state index in [1.165, 1.54) is 49.8 Å². The van der Waals surface area contributed by atoms with Crippen LogP contribution in [0.25, 0.3) is 10.8 Å². The molecule has 10 heteroatoms. The molecule has 0 aliphatic carbocycles. The van der Waals surface area contributed by atoms with Crippen molar-refractivity contribution in [2.75, 3.05) is 13.7 Å². The maximum atomic E-state index is 13.1. The minimum Gasteiger partial charge on any atom is -0.505 e. The van der Waals surface area contributed by atoms with Gasteiger partial charge < -0.3 is 14.9 Å². The zero-order chi connectivity index (χ0) is 24.2. The number of pyridine rings is 1. The maximum absolute atomic E-state index is 13.1. The van der Waals surface area contributed by atoms with Gasteiger partial charge in [0.1, 0.15) is 22.9 Å². The smallest absolute Gasteiger partial charge is 0.350 e. The molecule has 0 amide bonds. The predicted octanol–water partition coefficient (Wildman–Crippen LogP) is 4.61. The van der Waals surface area contributed by atoms with Gasteiger partial charge in [0.15, 0.2) is 17.3 Å². The standard InChI is InChI=1S/C24H17N3O6S/c1-33-24(32)23-18(6-9-34-23)26-27-20-16-3-2-14(19(29)12-28)10-15(16)11-17(22(20)31)21(30)13-4-7-25-8-5-13/h2-11,28,31H,12H2,1H3/b27-26+. The number of Topliss-reactive ketones (excluding diaryl/α,β-unsaturated/α-hetero) is 1. The number of aromatic hydroxyl groups is 1. The number of hydrogen-bond donors (Lipinski definition) is 2. The van der Waals surface area contributed by atoms with Gasteiger partial charge in [-0.1, -0.05) is 12.1 Å². The largest absolute Gasteiger partial charge is 0.505 e. The van der Waals surface area contributed by atoms with Crippen molar-refractivity contribution in [3.63, 3.8) is 0 Å². The average molecular weight is 475 g/mol. The van der Waals surface area contributed by atoms with Crippen molar-refractivity contribution in [3.05, 3.63) is 81.8 Å². The van der Waals surface area contributed by atoms with Gasteiger partial charge in [-0.25, -0.2) is 4.79 Å². The lowest BCUT2D eigenvalue weighted by atomic mass is 9.96. The molecule has 0 aliphatic rings. The number of carbonyl (C=O) groups excluding carboxylic acids is 3. The summed E-state index contributed by atoms with van der Waals surface area (Å²) in [5.74, 6) is -1.97. The number of aliphatic hydroxyl groups is 1. The highest BCUT2D eigenvalue weighted by atomic mass is 32.1. The molecule has 4 aromatic rings. The first-order valence-electron chi connectivity index (χ1n) is 9.90. The van der Waals surface area contributed by atoms with Gasteiger partial charge in [-0.2, -0.15) is 0 Å². The van der Waals surface area contributed by atoms with Gasteiger partial charge in [0.25, 0.3) is 0 Å². The van der Waals surface area contributed by atoms with E-state index < -0.39 is 29.9 Å². The van der Waals surface area contributed by atoms with Crippen LogP contribution < -0.4 is 0 Å². The Morgan fingerprint density at radius 1 is 1.03 bits per heavy atom. The molecule has 2 aromatic heterocycles. The molecule has 0 unspecified atom stereocenters. The topological polar surface area (TPSA) is 139 Å². The van der Waals surface area contributed by atoms with Crippen LogP contribution in [0.5, 0.6) is 5.75 Å². The number of thiophene rings is 1. The number of phenols is 1. The Hall–Kier alpha value is -4.28. The van der Waals surface area contributed by atoms with E-state index in [-0.39, 0.29) is 27.4 Å². The number of benzene rings is 2. The van der Waals surface area contributed by atoms with E-state index in [2.05, 4.69) is 15.2 Å². The predicted molar refractivity (Wildman–Crippen MR) is 125 cm³/mol. The zero-order valence-electron chi connectivity index (χ0n) is 17.8. The van der Waals surface area contributed by atoms with E-state index in [9.17, 15) is 24.6 Å². The number of nitrogens with zero attached hydrogens (tertiary/aromatic N) is 3. The Morgan fingerprint density at radius 3 is 2.50 bits per heavy atom. The third kappa shape index (κ3) is 4.32. The second-order valence-corrected chi connectivity index (χ2v) is 7.95. The average Bonchev–Trinajstić information content (AvgIpc) is 3.35. The van der Waals surface area contributed by atoms with Crippen molar-refractivity contribution < 1.29 is 29.3 Å². The van der Waals surface area contributed by atoms with Gasteiger partial charge in [0.2, 0.25) is 0 Å². The van der Waals surface area contributed by atoms with Gasteiger partial charge >= 0.3 is 5.97 Å². The Morgan fingerprint density at radius 2 is 1.79 bits per heavy atom. The van der Waals surface area contributed by atoms with Gasteiger partial charge in [0, 0.05) is 28.9 Å². The van der Waals surface area contributed by atoms with Crippen LogP contribution in [0.2, 0.25) is 0 Å². The molecule has 4 rings (SSSR count). The van der Waals surface area contributed by atoms with Crippen molar-refractivity contribution in [2.45, 2.75) is 0 Å². The number of hydrogen-bond acceptors (Lipinski definition) is 10. The lowest BCUT2D eigenvalue weighted by Crippen LogP contribution is -2.05. The summed E-state index contributed by atoms with van der Waals surface area (Å²) >= 11 is 1.13. The number of ketones is 2. The number of aliphatic hydroxyl groups excluding tert-OH is 1. The van der Waals surface area contributed by atoms with Gasteiger partial charge in [0.05, 0.1) is 12.7 Å². The summed E-state index contributed by atoms with van der Waals surface area (Å²) in [5, 5.41) is 31.0. The van der Waals surface area contributed by atoms with Gasteiger partial charge in [-0.15, -0.1) is 21.6 Å². The summed E-state index contributed by atoms with van der Waals surface area (Å²) < 4.78 is 4.75. The number of aromatic nitrogens is 1. The second-order valence-electron chi connectivity index (χ2n) is 7.03. The third-order valence-corrected chi connectivity index (χ3v) is 5.90. The Labute approximate surface area is 197 Å². The fraction of sp³-hybridized carbons (Fsp3) is 0.0833. The van der Waals surface area contributed by atoms with E-state index in [1.54, 1.807) is 17.5 Å². The fourth-order valence-electron chi connectivity index (χ4n) is 3.31. The SMILES string of the molecule is COC(=O)c1sccc1/N=N/c1c(O)c(C(=O)c2ccncc2)cc2cc(C(=O)CO)ccc12. The van der Waals surface area contributed by atoms with Crippen molar-refractivity contribution in [1.29, 1.82) is 0 Å². The first-order valence-corrected chi connectivity index (χ1v) is 10.8. The molecule has 0 fully saturated rings. The molecule has 170 valence electrons. The number of carbonyl (C=O) groups is 3. The molecule has 2 heterocycles. The Bertz CT molecular complexity index is 1450. The van der Waals surface area contributed by atoms with Crippen LogP contribution in [0.1, 0.15) is 36.0 Å². The summed E-state index contributed by atoms with van der Waals surface area (Å²) in [5.41, 5.74) is 0.694. The molecule has 0 atom stereocenters. The van der Waals surface area contributed by atoms with Crippen LogP contribution in [0, 0.1) is 0 Å². The van der Waals surface area contributed by atoms with E-state index in [4.69, 9.17) is 4.74 Å². The summed E-state index contributed by atoms with van der Waals surface area (Å²) in [6.07, 6.45) is 2.91. The maximum Gasteiger partial charge on any atom is 0.350 e. The molecule has 0 radical (unpaired) electrons. The summed E-state index contributed by atoms with van der Waals surface area (Å²) in [4.78, 5) is 41.2. The molecule has 2 N–H and O–H groups in total. The van der Waals surface area contributed by atoms with E-state index >= 15 is 0 Å². The number of fused-ring (bicyclic) bond motifs is 1. The Kier molecular flexibility index (Phi) is 6.53. The molecule has 0 saturated carbocycles. The monoisotopic (exact) mass is 475 g/mol. The highest BCUT2D eigenvalue weighted by molar-refractivity contribution is 7.12. The first kappa shape index (κ1) is 22.9. The van der Waals surface area contributed by atoms with Crippen molar-refractivity contribution in [1.82, 2.24) is 4.98 Å². The molecule has 0 bridgehead atoms. The molecule has 2 aromatic carbocycles. The number of esters is 1. The van der Waals surface area contributed by atoms with Crippen molar-refractivity contribution >= 4 is 51.0 Å². The molecule has 0 saturated heterocycles. The number of azo groups is 1. The van der Waals surface area contributed by atoms with Crippen molar-refractivity contribution in [2.24, 2.45) is 10.2 Å². The van der Waals surface area contributed by atoms with E-state index in [0.717, 1.165) is 11.3 Å². The minimum atomic E-state index is -0.673. The van der Waals surface area contributed by atoms with Crippen LogP contribution in [-0.2, 0) is 4.74 Å². The van der Waals surface area contributed by atoms with E-state index in [0.29, 0.717) is 16.3 Å². The molecular formula is C24H17N3O6S. The first-order chi connectivity index (χ1) is 16.4. The molecule has 0 aliphatic heterocycles. The van der Waals surface area contributed by atoms with Gasteiger partial charge in [-0.05, 0) is 41.1 Å².